The molecule has 0 radical (unpaired) electrons. The Morgan fingerprint density at radius 2 is 1.89 bits per heavy atom. The van der Waals surface area contributed by atoms with Gasteiger partial charge in [0.25, 0.3) is 0 Å². The minimum absolute atomic E-state index is 0.226. The fraction of sp³-hybridized carbons (Fsp3) is 0.286. The van der Waals surface area contributed by atoms with Crippen LogP contribution >= 0.6 is 0 Å². The van der Waals surface area contributed by atoms with Crippen molar-refractivity contribution in [3.8, 4) is 22.6 Å². The number of benzene rings is 2. The van der Waals surface area contributed by atoms with Crippen molar-refractivity contribution < 1.29 is 18.6 Å². The normalized spacial score (nSPS) is 13.0. The third kappa shape index (κ3) is 4.45. The Morgan fingerprint density at radius 3 is 2.62 bits per heavy atom. The van der Waals surface area contributed by atoms with E-state index in [1.165, 1.54) is 6.07 Å². The second-order valence-corrected chi connectivity index (χ2v) is 10.2. The maximum absolute atomic E-state index is 15.2. The highest BCUT2D eigenvalue weighted by molar-refractivity contribution is 5.84. The Balaban J connectivity index is 1.61. The predicted molar refractivity (Wildman–Crippen MR) is 139 cm³/mol. The standard InChI is InChI=1S/C28H29F2N5O2/c1-28(2,3)27(36)25-20-12-18(7-10-22(20)34(5)33-25)37-26-19(8-9-21(29)24(26)30)16-6-11-23-32-14-17(13-31-4)35(23)15-16/h6-12,14-15,27,31,36H,13H2,1-5H3. The van der Waals surface area contributed by atoms with E-state index in [2.05, 4.69) is 15.4 Å². The van der Waals surface area contributed by atoms with Crippen molar-refractivity contribution in [1.29, 1.82) is 0 Å². The predicted octanol–water partition coefficient (Wildman–Crippen LogP) is 5.76. The molecule has 2 N–H and O–H groups in total. The van der Waals surface area contributed by atoms with Crippen LogP contribution < -0.4 is 10.1 Å². The Morgan fingerprint density at radius 1 is 1.11 bits per heavy atom. The summed E-state index contributed by atoms with van der Waals surface area (Å²) in [7, 11) is 3.64. The number of aliphatic hydroxyl groups is 1. The lowest BCUT2D eigenvalue weighted by Crippen LogP contribution is -2.18. The van der Waals surface area contributed by atoms with Gasteiger partial charge in [-0.15, -0.1) is 0 Å². The molecule has 3 heterocycles. The number of halogens is 2. The van der Waals surface area contributed by atoms with Crippen molar-refractivity contribution in [1.82, 2.24) is 24.5 Å². The maximum atomic E-state index is 15.2. The molecule has 5 rings (SSSR count). The van der Waals surface area contributed by atoms with Gasteiger partial charge in [-0.05, 0) is 54.9 Å². The first-order chi connectivity index (χ1) is 17.6. The summed E-state index contributed by atoms with van der Waals surface area (Å²) in [5.74, 6) is -2.02. The van der Waals surface area contributed by atoms with E-state index in [4.69, 9.17) is 4.74 Å². The first-order valence-corrected chi connectivity index (χ1v) is 12.0. The first-order valence-electron chi connectivity index (χ1n) is 12.0. The third-order valence-corrected chi connectivity index (χ3v) is 6.45. The summed E-state index contributed by atoms with van der Waals surface area (Å²) in [5, 5.41) is 19.2. The van der Waals surface area contributed by atoms with E-state index in [1.807, 2.05) is 44.5 Å². The van der Waals surface area contributed by atoms with Crippen LogP contribution in [0.3, 0.4) is 0 Å². The topological polar surface area (TPSA) is 76.6 Å². The molecule has 0 aliphatic carbocycles. The number of imidazole rings is 1. The number of hydrogen-bond acceptors (Lipinski definition) is 5. The summed E-state index contributed by atoms with van der Waals surface area (Å²) in [5.41, 5.74) is 3.54. The number of nitrogens with zero attached hydrogens (tertiary/aromatic N) is 4. The minimum atomic E-state index is -1.08. The highest BCUT2D eigenvalue weighted by Crippen LogP contribution is 2.40. The van der Waals surface area contributed by atoms with Gasteiger partial charge in [-0.3, -0.25) is 4.68 Å². The summed E-state index contributed by atoms with van der Waals surface area (Å²) in [6.07, 6.45) is 2.77. The lowest BCUT2D eigenvalue weighted by molar-refractivity contribution is 0.0596. The fourth-order valence-corrected chi connectivity index (χ4v) is 4.43. The van der Waals surface area contributed by atoms with E-state index in [0.29, 0.717) is 34.5 Å². The van der Waals surface area contributed by atoms with Crippen molar-refractivity contribution in [3.63, 3.8) is 0 Å². The van der Waals surface area contributed by atoms with Gasteiger partial charge in [-0.25, -0.2) is 9.37 Å². The fourth-order valence-electron chi connectivity index (χ4n) is 4.43. The van der Waals surface area contributed by atoms with Gasteiger partial charge < -0.3 is 19.6 Å². The van der Waals surface area contributed by atoms with E-state index < -0.39 is 23.2 Å². The van der Waals surface area contributed by atoms with Crippen LogP contribution in [0.25, 0.3) is 27.7 Å². The molecule has 1 unspecified atom stereocenters. The van der Waals surface area contributed by atoms with Gasteiger partial charge >= 0.3 is 0 Å². The van der Waals surface area contributed by atoms with Crippen LogP contribution in [0, 0.1) is 17.0 Å². The van der Waals surface area contributed by atoms with Crippen LogP contribution in [0.2, 0.25) is 0 Å². The number of ether oxygens (including phenoxy) is 1. The zero-order valence-corrected chi connectivity index (χ0v) is 21.4. The smallest absolute Gasteiger partial charge is 0.201 e. The van der Waals surface area contributed by atoms with Crippen LogP contribution in [-0.2, 0) is 13.6 Å². The molecule has 3 aromatic heterocycles. The van der Waals surface area contributed by atoms with Gasteiger partial charge in [0.1, 0.15) is 17.5 Å². The molecule has 9 heteroatoms. The third-order valence-electron chi connectivity index (χ3n) is 6.45. The number of aliphatic hydroxyl groups excluding tert-OH is 1. The molecule has 0 saturated heterocycles. The summed E-state index contributed by atoms with van der Waals surface area (Å²) in [6, 6.07) is 11.4. The molecular formula is C28H29F2N5O2. The SMILES string of the molecule is CNCc1cnc2ccc(-c3ccc(F)c(F)c3Oc3ccc4c(c3)c(C(O)C(C)(C)C)nn4C)cn12. The molecule has 0 aliphatic heterocycles. The molecule has 0 aliphatic rings. The van der Waals surface area contributed by atoms with Gasteiger partial charge in [0.05, 0.1) is 23.1 Å². The van der Waals surface area contributed by atoms with Crippen molar-refractivity contribution in [2.75, 3.05) is 7.05 Å². The second kappa shape index (κ2) is 9.24. The van der Waals surface area contributed by atoms with Crippen LogP contribution in [0.15, 0.2) is 54.9 Å². The Labute approximate surface area is 213 Å². The number of aryl methyl sites for hydroxylation is 1. The number of pyridine rings is 1. The quantitative estimate of drug-likeness (QED) is 0.307. The van der Waals surface area contributed by atoms with Crippen molar-refractivity contribution >= 4 is 16.6 Å². The Kier molecular flexibility index (Phi) is 6.21. The van der Waals surface area contributed by atoms with Crippen LogP contribution in [-0.4, -0.2) is 31.3 Å². The van der Waals surface area contributed by atoms with Crippen molar-refractivity contribution in [2.45, 2.75) is 33.4 Å². The number of fused-ring (bicyclic) bond motifs is 2. The maximum Gasteiger partial charge on any atom is 0.201 e. The molecule has 37 heavy (non-hydrogen) atoms. The minimum Gasteiger partial charge on any atom is -0.453 e. The lowest BCUT2D eigenvalue weighted by atomic mass is 9.86. The van der Waals surface area contributed by atoms with Gasteiger partial charge in [-0.2, -0.15) is 9.49 Å². The van der Waals surface area contributed by atoms with Crippen LogP contribution in [0.1, 0.15) is 38.3 Å². The second-order valence-electron chi connectivity index (χ2n) is 10.2. The molecule has 0 amide bonds. The number of nitrogens with one attached hydrogen (secondary N) is 1. The van der Waals surface area contributed by atoms with E-state index >= 15 is 4.39 Å². The van der Waals surface area contributed by atoms with Gasteiger partial charge in [0.15, 0.2) is 11.6 Å². The largest absolute Gasteiger partial charge is 0.453 e. The molecule has 7 nitrogen and oxygen atoms in total. The monoisotopic (exact) mass is 505 g/mol. The Hall–Kier alpha value is -3.82. The van der Waals surface area contributed by atoms with Crippen molar-refractivity contribution in [3.05, 3.63) is 77.9 Å². The zero-order valence-electron chi connectivity index (χ0n) is 21.4. The molecule has 1 atom stereocenters. The van der Waals surface area contributed by atoms with E-state index in [1.54, 1.807) is 42.2 Å². The summed E-state index contributed by atoms with van der Waals surface area (Å²) < 4.78 is 39.2. The molecule has 0 fully saturated rings. The van der Waals surface area contributed by atoms with Gasteiger partial charge in [0.2, 0.25) is 5.82 Å². The van der Waals surface area contributed by atoms with E-state index in [0.717, 1.165) is 22.9 Å². The molecule has 0 bridgehead atoms. The van der Waals surface area contributed by atoms with Gasteiger partial charge in [0, 0.05) is 36.3 Å². The average molecular weight is 506 g/mol. The lowest BCUT2D eigenvalue weighted by Gasteiger charge is -2.24. The Bertz CT molecular complexity index is 1620. The molecule has 5 aromatic rings. The van der Waals surface area contributed by atoms with Crippen LogP contribution in [0.5, 0.6) is 11.5 Å². The number of hydrogen-bond donors (Lipinski definition) is 2. The summed E-state index contributed by atoms with van der Waals surface area (Å²) in [6.45, 7) is 6.36. The molecule has 192 valence electrons. The molecule has 0 spiro atoms. The van der Waals surface area contributed by atoms with Crippen LogP contribution in [0.4, 0.5) is 8.78 Å². The molecular weight excluding hydrogens is 476 g/mol. The molecule has 0 saturated carbocycles. The summed E-state index contributed by atoms with van der Waals surface area (Å²) in [4.78, 5) is 4.39. The highest BCUT2D eigenvalue weighted by atomic mass is 19.2. The van der Waals surface area contributed by atoms with Crippen molar-refractivity contribution in [2.24, 2.45) is 12.5 Å². The highest BCUT2D eigenvalue weighted by Gasteiger charge is 2.29. The first kappa shape index (κ1) is 24.9. The van der Waals surface area contributed by atoms with Gasteiger partial charge in [-0.1, -0.05) is 20.8 Å². The zero-order chi connectivity index (χ0) is 26.5. The van der Waals surface area contributed by atoms with E-state index in [9.17, 15) is 9.50 Å². The van der Waals surface area contributed by atoms with E-state index in [-0.39, 0.29) is 5.75 Å². The summed E-state index contributed by atoms with van der Waals surface area (Å²) >= 11 is 0. The molecule has 2 aromatic carbocycles. The average Bonchev–Trinajstić information content (AvgIpc) is 3.41. The number of rotatable bonds is 6. The number of aromatic nitrogens is 4.